The maximum absolute atomic E-state index is 13.5. The Morgan fingerprint density at radius 2 is 1.81 bits per heavy atom. The number of hydrogen-bond donors (Lipinski definition) is 0. The molecule has 1 aliphatic heterocycles. The molecule has 1 saturated heterocycles. The summed E-state index contributed by atoms with van der Waals surface area (Å²) in [4.78, 5) is 0.376. The van der Waals surface area contributed by atoms with E-state index >= 15 is 0 Å². The van der Waals surface area contributed by atoms with Gasteiger partial charge in [-0.15, -0.1) is 11.6 Å². The molecule has 2 aliphatic carbocycles. The van der Waals surface area contributed by atoms with Crippen molar-refractivity contribution in [2.75, 3.05) is 20.2 Å². The van der Waals surface area contributed by atoms with E-state index in [-0.39, 0.29) is 16.7 Å². The summed E-state index contributed by atoms with van der Waals surface area (Å²) in [6.45, 7) is 2.98. The Labute approximate surface area is 189 Å². The normalized spacial score (nSPS) is 28.5. The van der Waals surface area contributed by atoms with Gasteiger partial charge in [0.05, 0.1) is 12.0 Å². The van der Waals surface area contributed by atoms with E-state index in [4.69, 9.17) is 16.3 Å². The van der Waals surface area contributed by atoms with E-state index < -0.39 is 10.0 Å². The highest BCUT2D eigenvalue weighted by molar-refractivity contribution is 7.89. The maximum Gasteiger partial charge on any atom is 0.243 e. The number of nitrogens with zero attached hydrogens (tertiary/aromatic N) is 1. The van der Waals surface area contributed by atoms with Crippen LogP contribution in [-0.2, 0) is 10.0 Å². The maximum atomic E-state index is 13.5. The zero-order valence-electron chi connectivity index (χ0n) is 18.0. The molecular formula is C25H28ClNO3S. The molecular weight excluding hydrogens is 430 g/mol. The minimum Gasteiger partial charge on any atom is -0.497 e. The van der Waals surface area contributed by atoms with Crippen LogP contribution < -0.4 is 4.74 Å². The number of rotatable bonds is 4. The fourth-order valence-corrected chi connectivity index (χ4v) is 7.67. The van der Waals surface area contributed by atoms with Gasteiger partial charge in [0.1, 0.15) is 5.75 Å². The second-order valence-electron chi connectivity index (χ2n) is 9.21. The van der Waals surface area contributed by atoms with Crippen molar-refractivity contribution in [1.29, 1.82) is 0 Å². The number of halogens is 1. The van der Waals surface area contributed by atoms with Gasteiger partial charge in [0, 0.05) is 29.8 Å². The van der Waals surface area contributed by atoms with Gasteiger partial charge in [-0.3, -0.25) is 0 Å². The van der Waals surface area contributed by atoms with Gasteiger partial charge in [0.2, 0.25) is 10.0 Å². The molecule has 2 aromatic rings. The lowest BCUT2D eigenvalue weighted by Crippen LogP contribution is -2.32. The summed E-state index contributed by atoms with van der Waals surface area (Å²) < 4.78 is 34.0. The summed E-state index contributed by atoms with van der Waals surface area (Å²) in [5, 5.41) is 0.0942. The van der Waals surface area contributed by atoms with Crippen LogP contribution in [0.5, 0.6) is 5.75 Å². The number of benzene rings is 2. The first-order valence-electron chi connectivity index (χ1n) is 10.9. The number of allylic oxidation sites excluding steroid dienone is 1. The Bertz CT molecular complexity index is 1120. The van der Waals surface area contributed by atoms with Crippen molar-refractivity contribution in [2.45, 2.75) is 42.9 Å². The van der Waals surface area contributed by atoms with Crippen LogP contribution in [0.2, 0.25) is 0 Å². The lowest BCUT2D eigenvalue weighted by molar-refractivity contribution is 0.302. The smallest absolute Gasteiger partial charge is 0.243 e. The fourth-order valence-electron chi connectivity index (χ4n) is 5.80. The van der Waals surface area contributed by atoms with E-state index in [1.54, 1.807) is 23.5 Å². The second kappa shape index (κ2) is 7.65. The summed E-state index contributed by atoms with van der Waals surface area (Å²) in [5.41, 5.74) is 4.65. The average Bonchev–Trinajstić information content (AvgIpc) is 3.21. The predicted molar refractivity (Wildman–Crippen MR) is 124 cm³/mol. The molecule has 6 heteroatoms. The monoisotopic (exact) mass is 457 g/mol. The van der Waals surface area contributed by atoms with E-state index in [9.17, 15) is 8.42 Å². The molecule has 31 heavy (non-hydrogen) atoms. The molecule has 164 valence electrons. The standard InChI is InChI=1S/C25H28ClNO3S/c1-17-5-11-20(12-6-17)31(28,29)27-15-22-24(18-7-9-19(30-2)10-8-18)21-14-25(22,16-27)13-3-4-23(21)26/h5-12,21,23H,3-4,13-16H2,1-2H3/t21-,23-,25-/m1/s1. The molecule has 5 rings (SSSR count). The van der Waals surface area contributed by atoms with Crippen molar-refractivity contribution < 1.29 is 13.2 Å². The van der Waals surface area contributed by atoms with Gasteiger partial charge >= 0.3 is 0 Å². The fraction of sp³-hybridized carbons (Fsp3) is 0.440. The lowest BCUT2D eigenvalue weighted by Gasteiger charge is -2.26. The Hall–Kier alpha value is -1.82. The van der Waals surface area contributed by atoms with Crippen molar-refractivity contribution in [3.63, 3.8) is 0 Å². The summed E-state index contributed by atoms with van der Waals surface area (Å²) in [6.07, 6.45) is 3.97. The van der Waals surface area contributed by atoms with Crippen LogP contribution in [0, 0.1) is 18.3 Å². The first-order valence-corrected chi connectivity index (χ1v) is 12.8. The summed E-state index contributed by atoms with van der Waals surface area (Å²) in [7, 11) is -1.87. The zero-order valence-corrected chi connectivity index (χ0v) is 19.5. The molecule has 3 aliphatic rings. The highest BCUT2D eigenvalue weighted by Gasteiger charge is 2.55. The number of sulfonamides is 1. The molecule has 2 aromatic carbocycles. The minimum atomic E-state index is -3.53. The summed E-state index contributed by atoms with van der Waals surface area (Å²) in [6, 6.07) is 15.3. The minimum absolute atomic E-state index is 0.0942. The number of ether oxygens (including phenoxy) is 1. The Morgan fingerprint density at radius 3 is 2.48 bits per heavy atom. The van der Waals surface area contributed by atoms with Gasteiger partial charge in [0.15, 0.2) is 0 Å². The largest absolute Gasteiger partial charge is 0.497 e. The van der Waals surface area contributed by atoms with Gasteiger partial charge in [-0.25, -0.2) is 8.42 Å². The van der Waals surface area contributed by atoms with E-state index in [0.29, 0.717) is 18.0 Å². The third-order valence-corrected chi connectivity index (χ3v) is 9.72. The Morgan fingerprint density at radius 1 is 1.10 bits per heavy atom. The van der Waals surface area contributed by atoms with Crippen molar-refractivity contribution in [1.82, 2.24) is 4.31 Å². The molecule has 1 saturated carbocycles. The highest BCUT2D eigenvalue weighted by atomic mass is 35.5. The number of methoxy groups -OCH3 is 1. The number of aryl methyl sites for hydroxylation is 1. The van der Waals surface area contributed by atoms with Crippen LogP contribution in [0.4, 0.5) is 0 Å². The van der Waals surface area contributed by atoms with Crippen LogP contribution in [-0.4, -0.2) is 38.3 Å². The molecule has 0 radical (unpaired) electrons. The molecule has 0 amide bonds. The van der Waals surface area contributed by atoms with E-state index in [1.807, 2.05) is 31.2 Å². The zero-order chi connectivity index (χ0) is 21.8. The van der Waals surface area contributed by atoms with Crippen LogP contribution in [0.15, 0.2) is 59.0 Å². The van der Waals surface area contributed by atoms with E-state index in [2.05, 4.69) is 12.1 Å². The first-order chi connectivity index (χ1) is 14.8. The third kappa shape index (κ3) is 3.42. The van der Waals surface area contributed by atoms with Crippen LogP contribution in [0.3, 0.4) is 0 Å². The van der Waals surface area contributed by atoms with Crippen molar-refractivity contribution in [2.24, 2.45) is 11.3 Å². The van der Waals surface area contributed by atoms with Gasteiger partial charge < -0.3 is 4.74 Å². The topological polar surface area (TPSA) is 46.6 Å². The van der Waals surface area contributed by atoms with Gasteiger partial charge in [-0.05, 0) is 67.2 Å². The van der Waals surface area contributed by atoms with Crippen LogP contribution in [0.1, 0.15) is 36.8 Å². The van der Waals surface area contributed by atoms with E-state index in [1.165, 1.54) is 11.1 Å². The molecule has 4 nitrogen and oxygen atoms in total. The molecule has 2 bridgehead atoms. The van der Waals surface area contributed by atoms with Crippen LogP contribution in [0.25, 0.3) is 5.57 Å². The highest BCUT2D eigenvalue weighted by Crippen LogP contribution is 2.60. The predicted octanol–water partition coefficient (Wildman–Crippen LogP) is 5.26. The Kier molecular flexibility index (Phi) is 5.19. The van der Waals surface area contributed by atoms with Gasteiger partial charge in [0.25, 0.3) is 0 Å². The summed E-state index contributed by atoms with van der Waals surface area (Å²) >= 11 is 6.87. The SMILES string of the molecule is COc1ccc(C2=C3CN(S(=O)(=O)c4ccc(C)cc4)C[C@]34CCC[C@@H](Cl)[C@H]2C4)cc1. The van der Waals surface area contributed by atoms with Crippen molar-refractivity contribution in [3.8, 4) is 5.75 Å². The Balaban J connectivity index is 1.59. The number of alkyl halides is 1. The van der Waals surface area contributed by atoms with E-state index in [0.717, 1.165) is 42.6 Å². The molecule has 0 aromatic heterocycles. The van der Waals surface area contributed by atoms with Gasteiger partial charge in [-0.2, -0.15) is 4.31 Å². The quantitative estimate of drug-likeness (QED) is 0.588. The first kappa shape index (κ1) is 21.0. The molecule has 1 spiro atoms. The summed E-state index contributed by atoms with van der Waals surface area (Å²) in [5.74, 6) is 1.09. The molecule has 0 unspecified atom stereocenters. The molecule has 3 atom stereocenters. The lowest BCUT2D eigenvalue weighted by atomic mass is 9.79. The molecule has 0 N–H and O–H groups in total. The van der Waals surface area contributed by atoms with Crippen molar-refractivity contribution in [3.05, 3.63) is 65.2 Å². The third-order valence-electron chi connectivity index (χ3n) is 7.39. The molecule has 1 heterocycles. The number of fused-ring (bicyclic) bond motifs is 1. The average molecular weight is 458 g/mol. The van der Waals surface area contributed by atoms with Crippen LogP contribution >= 0.6 is 11.6 Å². The second-order valence-corrected chi connectivity index (χ2v) is 11.7. The molecule has 2 fully saturated rings. The van der Waals surface area contributed by atoms with Gasteiger partial charge in [-0.1, -0.05) is 36.2 Å². The number of hydrogen-bond acceptors (Lipinski definition) is 3. The van der Waals surface area contributed by atoms with Crippen molar-refractivity contribution >= 4 is 27.2 Å².